The fraction of sp³-hybridized carbons (Fsp3) is 0.355. The van der Waals surface area contributed by atoms with Gasteiger partial charge in [0.05, 0.1) is 10.6 Å². The highest BCUT2D eigenvalue weighted by atomic mass is 79.9. The number of hydrogen-bond donors (Lipinski definition) is 1. The lowest BCUT2D eigenvalue weighted by molar-refractivity contribution is -0.139. The number of hydrogen-bond acceptors (Lipinski definition) is 4. The Kier molecular flexibility index (Phi) is 10.9. The van der Waals surface area contributed by atoms with Gasteiger partial charge < -0.3 is 10.2 Å². The second-order valence-corrected chi connectivity index (χ2v) is 12.8. The number of carbonyl (C=O) groups is 2. The first-order chi connectivity index (χ1) is 18.9. The van der Waals surface area contributed by atoms with E-state index in [0.717, 1.165) is 39.6 Å². The van der Waals surface area contributed by atoms with Gasteiger partial charge in [-0.15, -0.1) is 0 Å². The van der Waals surface area contributed by atoms with Crippen molar-refractivity contribution in [2.75, 3.05) is 17.4 Å². The minimum absolute atomic E-state index is 0.0941. The fourth-order valence-electron chi connectivity index (χ4n) is 4.26. The topological polar surface area (TPSA) is 86.8 Å². The van der Waals surface area contributed by atoms with Crippen molar-refractivity contribution in [3.63, 3.8) is 0 Å². The van der Waals surface area contributed by atoms with Crippen molar-refractivity contribution in [1.82, 2.24) is 10.2 Å². The normalized spacial score (nSPS) is 12.1. The number of nitrogens with one attached hydrogen (secondary N) is 1. The van der Waals surface area contributed by atoms with Crippen LogP contribution in [0.15, 0.2) is 76.1 Å². The van der Waals surface area contributed by atoms with E-state index >= 15 is 0 Å². The van der Waals surface area contributed by atoms with Gasteiger partial charge in [-0.1, -0.05) is 71.2 Å². The Balaban J connectivity index is 2.04. The number of sulfonamides is 1. The van der Waals surface area contributed by atoms with E-state index < -0.39 is 28.5 Å². The molecule has 9 heteroatoms. The molecule has 3 aromatic rings. The number of nitrogens with zero attached hydrogens (tertiary/aromatic N) is 2. The average molecular weight is 629 g/mol. The smallest absolute Gasteiger partial charge is 0.264 e. The second kappa shape index (κ2) is 13.9. The number of unbranched alkanes of at least 4 members (excludes halogenated alkanes) is 1. The molecule has 2 amide bonds. The Hall–Kier alpha value is -3.17. The first-order valence-electron chi connectivity index (χ1n) is 13.4. The first kappa shape index (κ1) is 31.4. The summed E-state index contributed by atoms with van der Waals surface area (Å²) in [6.45, 7) is 9.55. The molecule has 214 valence electrons. The van der Waals surface area contributed by atoms with Crippen molar-refractivity contribution >= 4 is 43.5 Å². The number of rotatable bonds is 12. The van der Waals surface area contributed by atoms with E-state index in [1.54, 1.807) is 43.3 Å². The molecule has 0 saturated heterocycles. The Bertz CT molecular complexity index is 1420. The third kappa shape index (κ3) is 7.73. The van der Waals surface area contributed by atoms with Crippen LogP contribution in [0.1, 0.15) is 48.9 Å². The van der Waals surface area contributed by atoms with Gasteiger partial charge in [-0.2, -0.15) is 0 Å². The molecular formula is C31H38BrN3O4S. The predicted octanol–water partition coefficient (Wildman–Crippen LogP) is 5.90. The molecule has 0 bridgehead atoms. The highest BCUT2D eigenvalue weighted by Crippen LogP contribution is 2.29. The Labute approximate surface area is 246 Å². The van der Waals surface area contributed by atoms with Gasteiger partial charge in [-0.25, -0.2) is 8.42 Å². The van der Waals surface area contributed by atoms with Gasteiger partial charge in [0.25, 0.3) is 10.0 Å². The summed E-state index contributed by atoms with van der Waals surface area (Å²) in [6.07, 6.45) is 1.76. The third-order valence-electron chi connectivity index (χ3n) is 7.00. The van der Waals surface area contributed by atoms with E-state index in [0.29, 0.717) is 12.2 Å². The van der Waals surface area contributed by atoms with Gasteiger partial charge in [0.1, 0.15) is 12.6 Å². The van der Waals surface area contributed by atoms with Crippen LogP contribution in [0, 0.1) is 20.8 Å². The van der Waals surface area contributed by atoms with E-state index in [9.17, 15) is 18.0 Å². The number of halogens is 1. The molecule has 0 aliphatic heterocycles. The van der Waals surface area contributed by atoms with Crippen molar-refractivity contribution in [3.8, 4) is 0 Å². The van der Waals surface area contributed by atoms with Crippen molar-refractivity contribution in [2.24, 2.45) is 0 Å². The van der Waals surface area contributed by atoms with E-state index in [-0.39, 0.29) is 17.3 Å². The first-order valence-corrected chi connectivity index (χ1v) is 15.7. The van der Waals surface area contributed by atoms with Crippen LogP contribution < -0.4 is 9.62 Å². The van der Waals surface area contributed by atoms with E-state index in [4.69, 9.17) is 0 Å². The van der Waals surface area contributed by atoms with Crippen LogP contribution in [-0.4, -0.2) is 44.3 Å². The standard InChI is InChI=1S/C31H38BrN3O4S/c1-6-7-19-33-31(37)25(5)34(20-26-13-15-27(32)16-14-26)30(36)21-35(29-10-8-9-23(3)24(29)4)40(38,39)28-17-11-22(2)12-18-28/h8-18,25H,6-7,19-21H2,1-5H3,(H,33,37)/t25-/m1/s1. The summed E-state index contributed by atoms with van der Waals surface area (Å²) in [5.41, 5.74) is 3.85. The minimum atomic E-state index is -4.10. The van der Waals surface area contributed by atoms with Gasteiger partial charge in [0.15, 0.2) is 0 Å². The zero-order chi connectivity index (χ0) is 29.4. The molecule has 0 spiro atoms. The summed E-state index contributed by atoms with van der Waals surface area (Å²) < 4.78 is 30.1. The van der Waals surface area contributed by atoms with E-state index in [2.05, 4.69) is 21.2 Å². The Morgan fingerprint density at radius 3 is 2.23 bits per heavy atom. The van der Waals surface area contributed by atoms with Crippen molar-refractivity contribution in [2.45, 2.75) is 64.9 Å². The molecule has 40 heavy (non-hydrogen) atoms. The molecule has 1 N–H and O–H groups in total. The van der Waals surface area contributed by atoms with Crippen LogP contribution in [0.25, 0.3) is 0 Å². The molecule has 0 radical (unpaired) electrons. The van der Waals surface area contributed by atoms with Gasteiger partial charge in [-0.3, -0.25) is 13.9 Å². The molecule has 0 heterocycles. The summed E-state index contributed by atoms with van der Waals surface area (Å²) in [4.78, 5) is 28.6. The van der Waals surface area contributed by atoms with E-state index in [1.807, 2.05) is 58.0 Å². The maximum absolute atomic E-state index is 14.0. The number of amides is 2. The summed E-state index contributed by atoms with van der Waals surface area (Å²) >= 11 is 3.43. The van der Waals surface area contributed by atoms with Crippen molar-refractivity contribution < 1.29 is 18.0 Å². The monoisotopic (exact) mass is 627 g/mol. The third-order valence-corrected chi connectivity index (χ3v) is 9.30. The lowest BCUT2D eigenvalue weighted by atomic mass is 10.1. The zero-order valence-electron chi connectivity index (χ0n) is 23.8. The van der Waals surface area contributed by atoms with Crippen LogP contribution >= 0.6 is 15.9 Å². The molecule has 1 atom stereocenters. The second-order valence-electron chi connectivity index (χ2n) is 10.0. The maximum Gasteiger partial charge on any atom is 0.264 e. The van der Waals surface area contributed by atoms with Gasteiger partial charge in [0.2, 0.25) is 11.8 Å². The average Bonchev–Trinajstić information content (AvgIpc) is 2.93. The van der Waals surface area contributed by atoms with E-state index in [1.165, 1.54) is 9.21 Å². The number of carbonyl (C=O) groups excluding carboxylic acids is 2. The SMILES string of the molecule is CCCCNC(=O)[C@@H](C)N(Cc1ccc(Br)cc1)C(=O)CN(c1cccc(C)c1C)S(=O)(=O)c1ccc(C)cc1. The van der Waals surface area contributed by atoms with Crippen LogP contribution in [-0.2, 0) is 26.2 Å². The zero-order valence-corrected chi connectivity index (χ0v) is 26.2. The summed E-state index contributed by atoms with van der Waals surface area (Å²) in [5, 5.41) is 2.90. The highest BCUT2D eigenvalue weighted by Gasteiger charge is 2.33. The molecular weight excluding hydrogens is 590 g/mol. The number of anilines is 1. The molecule has 0 fully saturated rings. The largest absolute Gasteiger partial charge is 0.354 e. The summed E-state index contributed by atoms with van der Waals surface area (Å²) in [6, 6.07) is 18.6. The molecule has 3 aromatic carbocycles. The van der Waals surface area contributed by atoms with Crippen LogP contribution in [0.5, 0.6) is 0 Å². The fourth-order valence-corrected chi connectivity index (χ4v) is 6.00. The lowest BCUT2D eigenvalue weighted by Gasteiger charge is -2.32. The maximum atomic E-state index is 14.0. The van der Waals surface area contributed by atoms with Crippen LogP contribution in [0.3, 0.4) is 0 Å². The van der Waals surface area contributed by atoms with Gasteiger partial charge >= 0.3 is 0 Å². The summed E-state index contributed by atoms with van der Waals surface area (Å²) in [7, 11) is -4.10. The molecule has 3 rings (SSSR count). The van der Waals surface area contributed by atoms with Crippen LogP contribution in [0.4, 0.5) is 5.69 Å². The Morgan fingerprint density at radius 2 is 1.60 bits per heavy atom. The minimum Gasteiger partial charge on any atom is -0.354 e. The molecule has 0 aromatic heterocycles. The summed E-state index contributed by atoms with van der Waals surface area (Å²) in [5.74, 6) is -0.753. The highest BCUT2D eigenvalue weighted by molar-refractivity contribution is 9.10. The molecule has 0 aliphatic rings. The van der Waals surface area contributed by atoms with Crippen LogP contribution in [0.2, 0.25) is 0 Å². The quantitative estimate of drug-likeness (QED) is 0.253. The number of aryl methyl sites for hydroxylation is 2. The van der Waals surface area contributed by atoms with Gasteiger partial charge in [0, 0.05) is 17.6 Å². The Morgan fingerprint density at radius 1 is 0.950 bits per heavy atom. The molecule has 7 nitrogen and oxygen atoms in total. The number of benzene rings is 3. The molecule has 0 aliphatic carbocycles. The lowest BCUT2D eigenvalue weighted by Crippen LogP contribution is -2.51. The van der Waals surface area contributed by atoms with Crippen molar-refractivity contribution in [1.29, 1.82) is 0 Å². The molecule has 0 saturated carbocycles. The van der Waals surface area contributed by atoms with Gasteiger partial charge in [-0.05, 0) is 81.1 Å². The molecule has 0 unspecified atom stereocenters. The predicted molar refractivity (Wildman–Crippen MR) is 164 cm³/mol. The van der Waals surface area contributed by atoms with Crippen molar-refractivity contribution in [3.05, 3.63) is 93.5 Å².